The normalized spacial score (nSPS) is 25.3. The Hall–Kier alpha value is -1.46. The molecule has 0 saturated carbocycles. The maximum absolute atomic E-state index is 13.3. The summed E-state index contributed by atoms with van der Waals surface area (Å²) in [5.41, 5.74) is 0.991. The molecule has 0 aliphatic carbocycles. The molecule has 26 heavy (non-hydrogen) atoms. The van der Waals surface area contributed by atoms with E-state index < -0.39 is 0 Å². The van der Waals surface area contributed by atoms with Crippen molar-refractivity contribution in [2.45, 2.75) is 58.0 Å². The lowest BCUT2D eigenvalue weighted by Gasteiger charge is -2.34. The second-order valence-corrected chi connectivity index (χ2v) is 7.97. The van der Waals surface area contributed by atoms with Crippen molar-refractivity contribution >= 4 is 5.91 Å². The van der Waals surface area contributed by atoms with Crippen molar-refractivity contribution in [3.63, 3.8) is 0 Å². The van der Waals surface area contributed by atoms with Crippen LogP contribution in [0.5, 0.6) is 0 Å². The van der Waals surface area contributed by atoms with Crippen LogP contribution in [0.3, 0.4) is 0 Å². The van der Waals surface area contributed by atoms with Crippen molar-refractivity contribution in [1.29, 1.82) is 0 Å². The van der Waals surface area contributed by atoms with E-state index >= 15 is 0 Å². The van der Waals surface area contributed by atoms with E-state index in [0.717, 1.165) is 51.1 Å². The van der Waals surface area contributed by atoms with Crippen molar-refractivity contribution in [1.82, 2.24) is 20.5 Å². The van der Waals surface area contributed by atoms with Crippen molar-refractivity contribution in [3.8, 4) is 0 Å². The highest BCUT2D eigenvalue weighted by Gasteiger charge is 2.28. The van der Waals surface area contributed by atoms with Crippen molar-refractivity contribution < 1.29 is 4.79 Å². The number of hydrogen-bond acceptors (Lipinski definition) is 4. The minimum absolute atomic E-state index is 0.306. The summed E-state index contributed by atoms with van der Waals surface area (Å²) in [7, 11) is 0. The molecule has 2 aliphatic rings. The number of carbonyl (C=O) groups excluding carboxylic acids is 1. The maximum Gasteiger partial charge on any atom is 0.223 e. The Balaban J connectivity index is 1.67. The smallest absolute Gasteiger partial charge is 0.223 e. The molecule has 1 aromatic heterocycles. The van der Waals surface area contributed by atoms with Crippen LogP contribution in [0.2, 0.25) is 0 Å². The van der Waals surface area contributed by atoms with Crippen LogP contribution >= 0.6 is 0 Å². The summed E-state index contributed by atoms with van der Waals surface area (Å²) in [6.45, 7) is 7.13. The molecular weight excluding hydrogens is 324 g/mol. The van der Waals surface area contributed by atoms with Gasteiger partial charge in [0, 0.05) is 18.7 Å². The van der Waals surface area contributed by atoms with Crippen molar-refractivity contribution in [2.24, 2.45) is 11.8 Å². The predicted molar refractivity (Wildman–Crippen MR) is 105 cm³/mol. The van der Waals surface area contributed by atoms with Crippen LogP contribution in [-0.2, 0) is 11.3 Å². The molecule has 3 rings (SSSR count). The van der Waals surface area contributed by atoms with Crippen LogP contribution in [0, 0.1) is 11.8 Å². The van der Waals surface area contributed by atoms with Gasteiger partial charge in [-0.25, -0.2) is 0 Å². The first-order chi connectivity index (χ1) is 12.7. The molecule has 3 heterocycles. The van der Waals surface area contributed by atoms with Crippen LogP contribution < -0.4 is 10.6 Å². The number of aromatic nitrogens is 1. The van der Waals surface area contributed by atoms with E-state index in [-0.39, 0.29) is 0 Å². The fourth-order valence-corrected chi connectivity index (χ4v) is 4.32. The molecular formula is C21H34N4O. The van der Waals surface area contributed by atoms with Gasteiger partial charge in [0.25, 0.3) is 0 Å². The number of rotatable bonds is 6. The van der Waals surface area contributed by atoms with E-state index in [9.17, 15) is 4.79 Å². The number of hydrogen-bond donors (Lipinski definition) is 2. The molecule has 0 bridgehead atoms. The Labute approximate surface area is 157 Å². The molecule has 2 N–H and O–H groups in total. The van der Waals surface area contributed by atoms with Gasteiger partial charge in [-0.15, -0.1) is 0 Å². The summed E-state index contributed by atoms with van der Waals surface area (Å²) in [5.74, 6) is 1.37. The van der Waals surface area contributed by atoms with Gasteiger partial charge in [-0.05, 0) is 82.3 Å². The molecule has 144 valence electrons. The van der Waals surface area contributed by atoms with Gasteiger partial charge in [-0.1, -0.05) is 13.0 Å². The molecule has 1 aromatic rings. The number of piperidine rings is 1. The molecule has 3 unspecified atom stereocenters. The topological polar surface area (TPSA) is 57.3 Å². The lowest BCUT2D eigenvalue weighted by Crippen LogP contribution is -2.42. The molecule has 2 saturated heterocycles. The largest absolute Gasteiger partial charge is 0.334 e. The van der Waals surface area contributed by atoms with Gasteiger partial charge in [0.15, 0.2) is 0 Å². The standard InChI is InChI=1S/C21H34N4O/c1-17(18-6-4-11-23-15-18)14-21(26)25(16-19-7-2-3-12-24-19)20-8-5-10-22-13-9-20/h2-3,7,12,17-18,20,22-23H,4-6,8-11,13-16H2,1H3. The molecule has 2 fully saturated rings. The highest BCUT2D eigenvalue weighted by atomic mass is 16.2. The summed E-state index contributed by atoms with van der Waals surface area (Å²) in [4.78, 5) is 19.9. The van der Waals surface area contributed by atoms with E-state index in [4.69, 9.17) is 0 Å². The van der Waals surface area contributed by atoms with Gasteiger partial charge in [-0.3, -0.25) is 9.78 Å². The van der Waals surface area contributed by atoms with E-state index in [1.54, 1.807) is 0 Å². The number of nitrogens with zero attached hydrogens (tertiary/aromatic N) is 2. The Bertz CT molecular complexity index is 536. The predicted octanol–water partition coefficient (Wildman–Crippen LogP) is 2.58. The van der Waals surface area contributed by atoms with Gasteiger partial charge >= 0.3 is 0 Å². The second kappa shape index (κ2) is 10.0. The van der Waals surface area contributed by atoms with Gasteiger partial charge in [-0.2, -0.15) is 0 Å². The summed E-state index contributed by atoms with van der Waals surface area (Å²) < 4.78 is 0. The van der Waals surface area contributed by atoms with Gasteiger partial charge in [0.2, 0.25) is 5.91 Å². The van der Waals surface area contributed by atoms with Crippen LogP contribution in [0.15, 0.2) is 24.4 Å². The second-order valence-electron chi connectivity index (χ2n) is 7.97. The fourth-order valence-electron chi connectivity index (χ4n) is 4.32. The van der Waals surface area contributed by atoms with Crippen LogP contribution in [-0.4, -0.2) is 48.0 Å². The zero-order chi connectivity index (χ0) is 18.2. The highest BCUT2D eigenvalue weighted by molar-refractivity contribution is 5.76. The van der Waals surface area contributed by atoms with Crippen LogP contribution in [0.4, 0.5) is 0 Å². The van der Waals surface area contributed by atoms with Crippen molar-refractivity contribution in [2.75, 3.05) is 26.2 Å². The molecule has 0 spiro atoms. The number of pyridine rings is 1. The molecule has 2 aliphatic heterocycles. The van der Waals surface area contributed by atoms with E-state index in [0.29, 0.717) is 36.8 Å². The molecule has 3 atom stereocenters. The Morgan fingerprint density at radius 2 is 2.04 bits per heavy atom. The average Bonchev–Trinajstić information content (AvgIpc) is 2.97. The quantitative estimate of drug-likeness (QED) is 0.821. The molecule has 5 heteroatoms. The lowest BCUT2D eigenvalue weighted by atomic mass is 9.85. The molecule has 5 nitrogen and oxygen atoms in total. The zero-order valence-corrected chi connectivity index (χ0v) is 16.1. The Morgan fingerprint density at radius 1 is 1.19 bits per heavy atom. The summed E-state index contributed by atoms with van der Waals surface area (Å²) in [5, 5.41) is 6.95. The fraction of sp³-hybridized carbons (Fsp3) is 0.714. The van der Waals surface area contributed by atoms with Crippen LogP contribution in [0.25, 0.3) is 0 Å². The average molecular weight is 359 g/mol. The number of carbonyl (C=O) groups is 1. The first kappa shape index (κ1) is 19.3. The highest BCUT2D eigenvalue weighted by Crippen LogP contribution is 2.25. The lowest BCUT2D eigenvalue weighted by molar-refractivity contribution is -0.136. The zero-order valence-electron chi connectivity index (χ0n) is 16.1. The summed E-state index contributed by atoms with van der Waals surface area (Å²) in [6.07, 6.45) is 8.22. The third-order valence-corrected chi connectivity index (χ3v) is 6.00. The Morgan fingerprint density at radius 3 is 2.81 bits per heavy atom. The van der Waals surface area contributed by atoms with Crippen molar-refractivity contribution in [3.05, 3.63) is 30.1 Å². The Kier molecular flexibility index (Phi) is 7.44. The minimum Gasteiger partial charge on any atom is -0.334 e. The van der Waals surface area contributed by atoms with E-state index in [1.807, 2.05) is 24.4 Å². The molecule has 1 amide bonds. The number of nitrogens with one attached hydrogen (secondary N) is 2. The SMILES string of the molecule is CC(CC(=O)N(Cc1ccccn1)C1CCCNCC1)C1CCCNC1. The van der Waals surface area contributed by atoms with E-state index in [2.05, 4.69) is 27.4 Å². The molecule has 0 radical (unpaired) electrons. The molecule has 0 aromatic carbocycles. The maximum atomic E-state index is 13.3. The van der Waals surface area contributed by atoms with Gasteiger partial charge < -0.3 is 15.5 Å². The third kappa shape index (κ3) is 5.52. The summed E-state index contributed by atoms with van der Waals surface area (Å²) in [6, 6.07) is 6.31. The monoisotopic (exact) mass is 358 g/mol. The third-order valence-electron chi connectivity index (χ3n) is 6.00. The first-order valence-electron chi connectivity index (χ1n) is 10.3. The number of amides is 1. The van der Waals surface area contributed by atoms with E-state index in [1.165, 1.54) is 12.8 Å². The van der Waals surface area contributed by atoms with Crippen LogP contribution in [0.1, 0.15) is 51.1 Å². The van der Waals surface area contributed by atoms with Gasteiger partial charge in [0.1, 0.15) is 0 Å². The summed E-state index contributed by atoms with van der Waals surface area (Å²) >= 11 is 0. The van der Waals surface area contributed by atoms with Gasteiger partial charge in [0.05, 0.1) is 12.2 Å². The first-order valence-corrected chi connectivity index (χ1v) is 10.3. The minimum atomic E-state index is 0.306.